The molecule has 33 heavy (non-hydrogen) atoms. The number of rotatable bonds is 6. The van der Waals surface area contributed by atoms with E-state index in [1.165, 1.54) is 11.8 Å². The highest BCUT2D eigenvalue weighted by atomic mass is 32.2. The van der Waals surface area contributed by atoms with E-state index in [4.69, 9.17) is 0 Å². The molecule has 1 atom stereocenters. The van der Waals surface area contributed by atoms with Crippen LogP contribution in [0.2, 0.25) is 0 Å². The standard InChI is InChI=1S/C24H23N3O4S2/c28-23(21-11-4-5-12-22(21)32-20-13-14-33(30,31)16-20)25-18-9-6-10-19(15-18)27-24(29)26-17-7-2-1-3-8-17/h1-12,15,20H,13-14,16H2,(H,25,28)(H2,26,27,29). The van der Waals surface area contributed by atoms with Crippen molar-refractivity contribution < 1.29 is 18.0 Å². The number of hydrogen-bond acceptors (Lipinski definition) is 5. The van der Waals surface area contributed by atoms with E-state index in [2.05, 4.69) is 16.0 Å². The number of carbonyl (C=O) groups is 2. The molecule has 0 radical (unpaired) electrons. The number of para-hydroxylation sites is 1. The number of benzene rings is 3. The first-order valence-corrected chi connectivity index (χ1v) is 13.1. The van der Waals surface area contributed by atoms with Crippen LogP contribution in [0.25, 0.3) is 0 Å². The van der Waals surface area contributed by atoms with Crippen LogP contribution >= 0.6 is 11.8 Å². The van der Waals surface area contributed by atoms with Crippen LogP contribution in [0.4, 0.5) is 21.9 Å². The highest BCUT2D eigenvalue weighted by molar-refractivity contribution is 8.02. The highest BCUT2D eigenvalue weighted by Gasteiger charge is 2.29. The van der Waals surface area contributed by atoms with Gasteiger partial charge in [0.2, 0.25) is 0 Å². The van der Waals surface area contributed by atoms with Crippen LogP contribution in [0.3, 0.4) is 0 Å². The van der Waals surface area contributed by atoms with E-state index in [1.807, 2.05) is 30.3 Å². The van der Waals surface area contributed by atoms with Crippen molar-refractivity contribution in [2.24, 2.45) is 0 Å². The minimum atomic E-state index is -2.99. The second-order valence-electron chi connectivity index (χ2n) is 7.62. The number of carbonyl (C=O) groups excluding carboxylic acids is 2. The number of hydrogen-bond donors (Lipinski definition) is 3. The summed E-state index contributed by atoms with van der Waals surface area (Å²) >= 11 is 1.43. The molecule has 3 N–H and O–H groups in total. The van der Waals surface area contributed by atoms with Gasteiger partial charge in [-0.3, -0.25) is 4.79 Å². The predicted octanol–water partition coefficient (Wildman–Crippen LogP) is 4.86. The Morgan fingerprint density at radius 1 is 0.788 bits per heavy atom. The lowest BCUT2D eigenvalue weighted by molar-refractivity contribution is 0.102. The van der Waals surface area contributed by atoms with E-state index in [0.717, 1.165) is 4.90 Å². The Bertz CT molecular complexity index is 1260. The molecule has 1 fully saturated rings. The Hall–Kier alpha value is -3.30. The minimum absolute atomic E-state index is 0.0559. The van der Waals surface area contributed by atoms with Crippen molar-refractivity contribution in [3.8, 4) is 0 Å². The lowest BCUT2D eigenvalue weighted by Gasteiger charge is -2.13. The van der Waals surface area contributed by atoms with Gasteiger partial charge in [-0.05, 0) is 48.9 Å². The molecule has 7 nitrogen and oxygen atoms in total. The summed E-state index contributed by atoms with van der Waals surface area (Å²) in [6, 6.07) is 22.7. The molecule has 3 aromatic carbocycles. The maximum Gasteiger partial charge on any atom is 0.323 e. The summed E-state index contributed by atoms with van der Waals surface area (Å²) in [5.74, 6) is 0.0214. The van der Waals surface area contributed by atoms with Gasteiger partial charge in [-0.2, -0.15) is 0 Å². The average molecular weight is 482 g/mol. The van der Waals surface area contributed by atoms with Crippen molar-refractivity contribution in [3.05, 3.63) is 84.4 Å². The average Bonchev–Trinajstić information content (AvgIpc) is 3.13. The van der Waals surface area contributed by atoms with Crippen molar-refractivity contribution in [2.75, 3.05) is 27.5 Å². The molecule has 1 saturated heterocycles. The Morgan fingerprint density at radius 2 is 1.42 bits per heavy atom. The monoisotopic (exact) mass is 481 g/mol. The number of amides is 3. The van der Waals surface area contributed by atoms with E-state index < -0.39 is 15.9 Å². The summed E-state index contributed by atoms with van der Waals surface area (Å²) in [7, 11) is -2.99. The lowest BCUT2D eigenvalue weighted by Crippen LogP contribution is -2.19. The van der Waals surface area contributed by atoms with E-state index in [0.29, 0.717) is 29.0 Å². The second kappa shape index (κ2) is 10.1. The summed E-state index contributed by atoms with van der Waals surface area (Å²) < 4.78 is 23.5. The van der Waals surface area contributed by atoms with Gasteiger partial charge in [-0.1, -0.05) is 36.4 Å². The first kappa shape index (κ1) is 22.9. The number of urea groups is 1. The Morgan fingerprint density at radius 3 is 2.15 bits per heavy atom. The van der Waals surface area contributed by atoms with E-state index >= 15 is 0 Å². The first-order valence-electron chi connectivity index (χ1n) is 10.4. The number of thioether (sulfide) groups is 1. The van der Waals surface area contributed by atoms with Crippen LogP contribution in [-0.4, -0.2) is 37.1 Å². The topological polar surface area (TPSA) is 104 Å². The van der Waals surface area contributed by atoms with Crippen molar-refractivity contribution in [2.45, 2.75) is 16.6 Å². The largest absolute Gasteiger partial charge is 0.323 e. The van der Waals surface area contributed by atoms with Gasteiger partial charge in [0, 0.05) is 27.2 Å². The zero-order valence-corrected chi connectivity index (χ0v) is 19.3. The maximum atomic E-state index is 13.0. The van der Waals surface area contributed by atoms with Gasteiger partial charge in [0.05, 0.1) is 17.1 Å². The van der Waals surface area contributed by atoms with E-state index in [9.17, 15) is 18.0 Å². The van der Waals surface area contributed by atoms with Crippen LogP contribution in [0.5, 0.6) is 0 Å². The van der Waals surface area contributed by atoms with E-state index in [-0.39, 0.29) is 22.7 Å². The molecule has 0 bridgehead atoms. The van der Waals surface area contributed by atoms with Crippen molar-refractivity contribution in [3.63, 3.8) is 0 Å². The van der Waals surface area contributed by atoms with Crippen molar-refractivity contribution in [1.29, 1.82) is 0 Å². The van der Waals surface area contributed by atoms with Gasteiger partial charge in [0.25, 0.3) is 5.91 Å². The molecular formula is C24H23N3O4S2. The van der Waals surface area contributed by atoms with Gasteiger partial charge in [-0.25, -0.2) is 13.2 Å². The third kappa shape index (κ3) is 6.36. The number of sulfone groups is 1. The van der Waals surface area contributed by atoms with Gasteiger partial charge >= 0.3 is 6.03 Å². The molecular weight excluding hydrogens is 458 g/mol. The second-order valence-corrected chi connectivity index (χ2v) is 11.2. The summed E-state index contributed by atoms with van der Waals surface area (Å²) in [5.41, 5.74) is 2.21. The Labute approximate surface area is 196 Å². The predicted molar refractivity (Wildman–Crippen MR) is 133 cm³/mol. The fourth-order valence-electron chi connectivity index (χ4n) is 3.48. The normalized spacial score (nSPS) is 16.7. The van der Waals surface area contributed by atoms with E-state index in [1.54, 1.807) is 48.5 Å². The fourth-order valence-corrected chi connectivity index (χ4v) is 7.10. The summed E-state index contributed by atoms with van der Waals surface area (Å²) in [5, 5.41) is 8.29. The van der Waals surface area contributed by atoms with Gasteiger partial charge in [0.1, 0.15) is 0 Å². The molecule has 170 valence electrons. The third-order valence-electron chi connectivity index (χ3n) is 5.03. The smallest absolute Gasteiger partial charge is 0.322 e. The van der Waals surface area contributed by atoms with Gasteiger partial charge < -0.3 is 16.0 Å². The van der Waals surface area contributed by atoms with Crippen molar-refractivity contribution >= 4 is 50.6 Å². The van der Waals surface area contributed by atoms with Gasteiger partial charge in [-0.15, -0.1) is 11.8 Å². The molecule has 1 unspecified atom stereocenters. The molecule has 1 aliphatic heterocycles. The molecule has 9 heteroatoms. The van der Waals surface area contributed by atoms with Gasteiger partial charge in [0.15, 0.2) is 9.84 Å². The molecule has 3 aromatic rings. The third-order valence-corrected chi connectivity index (χ3v) is 8.35. The molecule has 0 aliphatic carbocycles. The SMILES string of the molecule is O=C(Nc1ccccc1)Nc1cccc(NC(=O)c2ccccc2SC2CCS(=O)(=O)C2)c1. The quantitative estimate of drug-likeness (QED) is 0.466. The first-order chi connectivity index (χ1) is 15.9. The molecule has 0 aromatic heterocycles. The number of anilines is 3. The Balaban J connectivity index is 1.41. The zero-order valence-electron chi connectivity index (χ0n) is 17.7. The summed E-state index contributed by atoms with van der Waals surface area (Å²) in [4.78, 5) is 25.9. The van der Waals surface area contributed by atoms with Crippen LogP contribution < -0.4 is 16.0 Å². The van der Waals surface area contributed by atoms with Crippen LogP contribution in [0, 0.1) is 0 Å². The summed E-state index contributed by atoms with van der Waals surface area (Å²) in [6.45, 7) is 0. The van der Waals surface area contributed by atoms with Crippen LogP contribution in [0.1, 0.15) is 16.8 Å². The maximum absolute atomic E-state index is 13.0. The molecule has 4 rings (SSSR count). The zero-order chi connectivity index (χ0) is 23.3. The van der Waals surface area contributed by atoms with Crippen LogP contribution in [-0.2, 0) is 9.84 Å². The number of nitrogens with one attached hydrogen (secondary N) is 3. The molecule has 1 aliphatic rings. The molecule has 1 heterocycles. The van der Waals surface area contributed by atoms with Crippen LogP contribution in [0.15, 0.2) is 83.8 Å². The minimum Gasteiger partial charge on any atom is -0.322 e. The highest BCUT2D eigenvalue weighted by Crippen LogP contribution is 2.33. The molecule has 3 amide bonds. The Kier molecular flexibility index (Phi) is 7.00. The summed E-state index contributed by atoms with van der Waals surface area (Å²) in [6.07, 6.45) is 0.585. The molecule has 0 saturated carbocycles. The molecule has 0 spiro atoms. The lowest BCUT2D eigenvalue weighted by atomic mass is 10.2. The van der Waals surface area contributed by atoms with Crippen molar-refractivity contribution in [1.82, 2.24) is 0 Å². The fraction of sp³-hybridized carbons (Fsp3) is 0.167.